The van der Waals surface area contributed by atoms with Crippen LogP contribution in [0.15, 0.2) is 146 Å². The van der Waals surface area contributed by atoms with Gasteiger partial charge in [0.1, 0.15) is 39.2 Å². The Balaban J connectivity index is 1.38. The van der Waals surface area contributed by atoms with E-state index in [9.17, 15) is 0 Å². The van der Waals surface area contributed by atoms with Crippen molar-refractivity contribution in [1.29, 1.82) is 0 Å². The minimum absolute atomic E-state index is 0.153. The molecule has 0 bridgehead atoms. The third-order valence-electron chi connectivity index (χ3n) is 10.0. The van der Waals surface area contributed by atoms with Crippen molar-refractivity contribution in [2.75, 3.05) is 4.90 Å². The lowest BCUT2D eigenvalue weighted by Gasteiger charge is -2.33. The van der Waals surface area contributed by atoms with Crippen LogP contribution in [0.4, 0.5) is 17.1 Å². The van der Waals surface area contributed by atoms with Gasteiger partial charge in [-0.25, -0.2) is 0 Å². The summed E-state index contributed by atoms with van der Waals surface area (Å²) in [7, 11) is 32.4. The minimum Gasteiger partial charge on any atom is -0.312 e. The van der Waals surface area contributed by atoms with E-state index in [2.05, 4.69) is 102 Å². The van der Waals surface area contributed by atoms with Crippen LogP contribution in [0, 0.1) is 0 Å². The van der Waals surface area contributed by atoms with Gasteiger partial charge in [-0.3, -0.25) is 0 Å². The van der Waals surface area contributed by atoms with Gasteiger partial charge in [-0.1, -0.05) is 114 Å². The summed E-state index contributed by atoms with van der Waals surface area (Å²) in [6.07, 6.45) is 0. The summed E-state index contributed by atoms with van der Waals surface area (Å²) in [6, 6.07) is 50.1. The molecule has 8 heteroatoms. The number of fused-ring (bicyclic) bond motifs is 7. The summed E-state index contributed by atoms with van der Waals surface area (Å²) < 4.78 is 2.36. The van der Waals surface area contributed by atoms with Gasteiger partial charge in [-0.15, -0.1) is 16.4 Å². The van der Waals surface area contributed by atoms with Crippen LogP contribution < -0.4 is 32.2 Å². The van der Waals surface area contributed by atoms with Gasteiger partial charge in [0.25, 0.3) is 0 Å². The van der Waals surface area contributed by atoms with E-state index in [0.717, 1.165) is 50.0 Å². The lowest BCUT2D eigenvalue weighted by Crippen LogP contribution is -2.56. The zero-order valence-electron chi connectivity index (χ0n) is 28.0. The number of hydrogen-bond donors (Lipinski definition) is 0. The summed E-state index contributed by atoms with van der Waals surface area (Å²) >= 11 is 7.05. The molecule has 1 heterocycles. The fourth-order valence-corrected chi connectivity index (χ4v) is 7.88. The predicted octanol–water partition coefficient (Wildman–Crippen LogP) is 6.85. The molecule has 1 aromatic heterocycles. The second-order valence-electron chi connectivity index (χ2n) is 13.0. The number of rotatable bonds is 5. The first-order valence-corrected chi connectivity index (χ1v) is 17.3. The monoisotopic (exact) mass is 670 g/mol. The standard InChI is InChI=1S/C44H24B5ClN2/c45-39-40(46)42(48)44(43(49)41(39)47)51(28-12-3-1-4-13-28)30-22-26(21-27(50)23-30)34-24-36-38(33-18-10-9-17-32(33)34)37-31-16-8-7-11-25(31)19-20-35(37)52(36)29-14-5-2-6-15-29/h1-24H. The van der Waals surface area contributed by atoms with Gasteiger partial charge in [-0.2, -0.15) is 0 Å². The molecule has 2 nitrogen and oxygen atoms in total. The van der Waals surface area contributed by atoms with Gasteiger partial charge in [-0.05, 0) is 87.3 Å². The van der Waals surface area contributed by atoms with Gasteiger partial charge >= 0.3 is 0 Å². The molecule has 52 heavy (non-hydrogen) atoms. The molecule has 0 aliphatic heterocycles. The largest absolute Gasteiger partial charge is 0.312 e. The van der Waals surface area contributed by atoms with E-state index < -0.39 is 0 Å². The van der Waals surface area contributed by atoms with Crippen molar-refractivity contribution in [3.05, 3.63) is 151 Å². The maximum Gasteiger partial charge on any atom is 0.115 e. The molecule has 0 N–H and O–H groups in total. The summed E-state index contributed by atoms with van der Waals surface area (Å²) in [5.74, 6) is 0. The fraction of sp³-hybridized carbons (Fsp3) is 0. The Morgan fingerprint density at radius 3 is 1.75 bits per heavy atom. The average Bonchev–Trinajstić information content (AvgIpc) is 3.53. The number of halogens is 1. The topological polar surface area (TPSA) is 8.17 Å². The highest BCUT2D eigenvalue weighted by Crippen LogP contribution is 2.45. The third-order valence-corrected chi connectivity index (χ3v) is 10.3. The van der Waals surface area contributed by atoms with Crippen molar-refractivity contribution < 1.29 is 0 Å². The molecule has 0 atom stereocenters. The highest BCUT2D eigenvalue weighted by Gasteiger charge is 2.23. The van der Waals surface area contributed by atoms with Crippen LogP contribution in [-0.4, -0.2) is 43.8 Å². The summed E-state index contributed by atoms with van der Waals surface area (Å²) in [5, 5.41) is 7.56. The van der Waals surface area contributed by atoms with Crippen LogP contribution in [0.5, 0.6) is 0 Å². The van der Waals surface area contributed by atoms with Gasteiger partial charge in [0, 0.05) is 38.5 Å². The summed E-state index contributed by atoms with van der Waals surface area (Å²) in [5.41, 5.74) is 8.08. The highest BCUT2D eigenvalue weighted by atomic mass is 35.5. The van der Waals surface area contributed by atoms with Crippen molar-refractivity contribution in [2.45, 2.75) is 0 Å². The van der Waals surface area contributed by atoms with Crippen LogP contribution in [0.25, 0.3) is 60.2 Å². The first kappa shape index (κ1) is 32.4. The van der Waals surface area contributed by atoms with Crippen LogP contribution in [0.3, 0.4) is 0 Å². The molecule has 0 aliphatic carbocycles. The third kappa shape index (κ3) is 5.02. The van der Waals surface area contributed by atoms with Crippen LogP contribution in [-0.2, 0) is 0 Å². The SMILES string of the molecule is [B]c1c([B])c([B])c(N(c2ccccc2)c2cc(Cl)cc(-c3cc4c(c5ccccc35)c3c5ccccc5ccc3n4-c3ccccc3)c2)c([B])c1[B]. The molecule has 0 spiro atoms. The first-order valence-electron chi connectivity index (χ1n) is 16.9. The van der Waals surface area contributed by atoms with Gasteiger partial charge < -0.3 is 9.47 Å². The smallest absolute Gasteiger partial charge is 0.115 e. The Labute approximate surface area is 314 Å². The average molecular weight is 670 g/mol. The Bertz CT molecular complexity index is 2840. The van der Waals surface area contributed by atoms with Crippen molar-refractivity contribution >= 4 is 139 Å². The number of para-hydroxylation sites is 2. The van der Waals surface area contributed by atoms with E-state index in [1.165, 1.54) is 21.5 Å². The van der Waals surface area contributed by atoms with Gasteiger partial charge in [0.05, 0.1) is 11.0 Å². The molecule has 0 amide bonds. The molecule has 0 unspecified atom stereocenters. The van der Waals surface area contributed by atoms with Crippen molar-refractivity contribution in [3.63, 3.8) is 0 Å². The molecule has 8 aromatic carbocycles. The van der Waals surface area contributed by atoms with Gasteiger partial charge in [0.15, 0.2) is 0 Å². The molecule has 232 valence electrons. The highest BCUT2D eigenvalue weighted by molar-refractivity contribution is 6.69. The molecule has 0 saturated carbocycles. The number of nitrogens with zero attached hydrogens (tertiary/aromatic N) is 2. The van der Waals surface area contributed by atoms with E-state index >= 15 is 0 Å². The van der Waals surface area contributed by atoms with Crippen LogP contribution in [0.1, 0.15) is 0 Å². The molecular weight excluding hydrogens is 646 g/mol. The van der Waals surface area contributed by atoms with E-state index in [1.807, 2.05) is 53.4 Å². The maximum absolute atomic E-state index is 7.05. The van der Waals surface area contributed by atoms with Gasteiger partial charge in [0.2, 0.25) is 0 Å². The van der Waals surface area contributed by atoms with E-state index in [4.69, 9.17) is 50.8 Å². The molecule has 10 radical (unpaired) electrons. The fourth-order valence-electron chi connectivity index (χ4n) is 7.65. The van der Waals surface area contributed by atoms with E-state index in [-0.39, 0.29) is 27.3 Å². The van der Waals surface area contributed by atoms with Crippen LogP contribution in [0.2, 0.25) is 5.02 Å². The first-order chi connectivity index (χ1) is 25.3. The molecule has 9 aromatic rings. The second-order valence-corrected chi connectivity index (χ2v) is 13.4. The molecule has 0 aliphatic rings. The minimum atomic E-state index is 0.153. The van der Waals surface area contributed by atoms with Crippen molar-refractivity contribution in [3.8, 4) is 16.8 Å². The lowest BCUT2D eigenvalue weighted by molar-refractivity contribution is 1.18. The second kappa shape index (κ2) is 12.6. The normalized spacial score (nSPS) is 11.6. The van der Waals surface area contributed by atoms with Crippen LogP contribution >= 0.6 is 11.6 Å². The predicted molar refractivity (Wildman–Crippen MR) is 228 cm³/mol. The molecule has 9 rings (SSSR count). The Kier molecular flexibility index (Phi) is 7.86. The zero-order valence-corrected chi connectivity index (χ0v) is 28.8. The Hall–Kier alpha value is -5.51. The Morgan fingerprint density at radius 2 is 1.04 bits per heavy atom. The van der Waals surface area contributed by atoms with Crippen molar-refractivity contribution in [1.82, 2.24) is 4.57 Å². The quantitative estimate of drug-likeness (QED) is 0.182. The Morgan fingerprint density at radius 1 is 0.462 bits per heavy atom. The van der Waals surface area contributed by atoms with Crippen molar-refractivity contribution in [2.24, 2.45) is 0 Å². The molecule has 0 fully saturated rings. The number of hydrogen-bond acceptors (Lipinski definition) is 1. The summed E-state index contributed by atoms with van der Waals surface area (Å²) in [6.45, 7) is 0. The maximum atomic E-state index is 7.05. The van der Waals surface area contributed by atoms with E-state index in [0.29, 0.717) is 10.7 Å². The van der Waals surface area contributed by atoms with E-state index in [1.54, 1.807) is 0 Å². The molecule has 0 saturated heterocycles. The summed E-state index contributed by atoms with van der Waals surface area (Å²) in [4.78, 5) is 1.93. The number of benzene rings is 8. The zero-order chi connectivity index (χ0) is 35.7. The number of anilines is 3. The number of aromatic nitrogens is 1. The molecular formula is C44H24B5ClN2. The lowest BCUT2D eigenvalue weighted by atomic mass is 9.61.